The van der Waals surface area contributed by atoms with Crippen molar-refractivity contribution in [3.63, 3.8) is 0 Å². The van der Waals surface area contributed by atoms with E-state index in [9.17, 15) is 4.79 Å². The lowest BCUT2D eigenvalue weighted by atomic mass is 10.3. The first-order chi connectivity index (χ1) is 14.6. The highest BCUT2D eigenvalue weighted by Gasteiger charge is 2.20. The zero-order chi connectivity index (χ0) is 21.3. The highest BCUT2D eigenvalue weighted by Crippen LogP contribution is 2.29. The lowest BCUT2D eigenvalue weighted by molar-refractivity contribution is -0.118. The highest BCUT2D eigenvalue weighted by molar-refractivity contribution is 7.99. The van der Waals surface area contributed by atoms with Crippen LogP contribution in [0.1, 0.15) is 20.3 Å². The molecule has 1 heterocycles. The molecule has 3 rings (SSSR count). The Morgan fingerprint density at radius 1 is 1.06 bits per heavy atom. The van der Waals surface area contributed by atoms with E-state index in [1.807, 2.05) is 47.4 Å². The fourth-order valence-electron chi connectivity index (χ4n) is 3.15. The van der Waals surface area contributed by atoms with Gasteiger partial charge < -0.3 is 9.64 Å². The van der Waals surface area contributed by atoms with Crippen molar-refractivity contribution in [2.45, 2.75) is 25.2 Å². The number of thiazole rings is 1. The lowest BCUT2D eigenvalue weighted by Gasteiger charge is -2.24. The third-order valence-corrected chi connectivity index (χ3v) is 7.07. The molecule has 0 aliphatic rings. The SMILES string of the molecule is CCN(CC)CCN(C(=O)CCSc1ccc(OC)cc1)c1nc2ccccc2s1.Cl. The molecule has 0 fully saturated rings. The van der Waals surface area contributed by atoms with E-state index >= 15 is 0 Å². The lowest BCUT2D eigenvalue weighted by Crippen LogP contribution is -2.39. The number of para-hydroxylation sites is 1. The van der Waals surface area contributed by atoms with Gasteiger partial charge in [0.05, 0.1) is 17.3 Å². The van der Waals surface area contributed by atoms with Crippen LogP contribution in [-0.2, 0) is 4.79 Å². The van der Waals surface area contributed by atoms with E-state index in [4.69, 9.17) is 9.72 Å². The van der Waals surface area contributed by atoms with Gasteiger partial charge in [0.1, 0.15) is 5.75 Å². The summed E-state index contributed by atoms with van der Waals surface area (Å²) < 4.78 is 6.31. The van der Waals surface area contributed by atoms with Gasteiger partial charge in [0.2, 0.25) is 5.91 Å². The van der Waals surface area contributed by atoms with E-state index < -0.39 is 0 Å². The van der Waals surface area contributed by atoms with Crippen molar-refractivity contribution in [2.24, 2.45) is 0 Å². The second kappa shape index (κ2) is 12.9. The summed E-state index contributed by atoms with van der Waals surface area (Å²) in [5, 5.41) is 0.794. The van der Waals surface area contributed by atoms with Crippen LogP contribution in [0.2, 0.25) is 0 Å². The fraction of sp³-hybridized carbons (Fsp3) is 0.391. The molecule has 0 N–H and O–H groups in total. The van der Waals surface area contributed by atoms with Crippen LogP contribution in [-0.4, -0.2) is 54.8 Å². The van der Waals surface area contributed by atoms with Crippen LogP contribution < -0.4 is 9.64 Å². The Balaban J connectivity index is 0.00000341. The number of rotatable bonds is 11. The summed E-state index contributed by atoms with van der Waals surface area (Å²) in [6.07, 6.45) is 0.477. The Bertz CT molecular complexity index is 912. The van der Waals surface area contributed by atoms with Crippen molar-refractivity contribution >= 4 is 56.8 Å². The number of ether oxygens (including phenoxy) is 1. The quantitative estimate of drug-likeness (QED) is 0.336. The number of thioether (sulfide) groups is 1. The summed E-state index contributed by atoms with van der Waals surface area (Å²) in [5.41, 5.74) is 0.950. The monoisotopic (exact) mass is 479 g/mol. The van der Waals surface area contributed by atoms with E-state index in [2.05, 4.69) is 24.8 Å². The van der Waals surface area contributed by atoms with Gasteiger partial charge in [0.15, 0.2) is 5.13 Å². The number of likely N-dealkylation sites (N-methyl/N-ethyl adjacent to an activating group) is 1. The number of halogens is 1. The van der Waals surface area contributed by atoms with E-state index in [1.165, 1.54) is 0 Å². The Kier molecular flexibility index (Phi) is 10.6. The van der Waals surface area contributed by atoms with Crippen molar-refractivity contribution in [3.05, 3.63) is 48.5 Å². The van der Waals surface area contributed by atoms with Gasteiger partial charge in [-0.05, 0) is 49.5 Å². The molecule has 1 amide bonds. The molecule has 31 heavy (non-hydrogen) atoms. The number of carbonyl (C=O) groups is 1. The molecule has 0 atom stereocenters. The van der Waals surface area contributed by atoms with Gasteiger partial charge in [0, 0.05) is 30.2 Å². The van der Waals surface area contributed by atoms with Gasteiger partial charge in [-0.15, -0.1) is 24.2 Å². The molecular formula is C23H30ClN3O2S2. The molecule has 0 unspecified atom stereocenters. The third-order valence-electron chi connectivity index (χ3n) is 4.99. The molecule has 0 bridgehead atoms. The Labute approximate surface area is 199 Å². The molecule has 8 heteroatoms. The maximum absolute atomic E-state index is 13.1. The molecule has 0 radical (unpaired) electrons. The van der Waals surface area contributed by atoms with Gasteiger partial charge in [-0.3, -0.25) is 9.69 Å². The number of hydrogen-bond acceptors (Lipinski definition) is 6. The number of benzene rings is 2. The highest BCUT2D eigenvalue weighted by atomic mass is 35.5. The molecular weight excluding hydrogens is 450 g/mol. The van der Waals surface area contributed by atoms with Gasteiger partial charge in [0.25, 0.3) is 0 Å². The molecule has 1 aromatic heterocycles. The van der Waals surface area contributed by atoms with Crippen LogP contribution in [0.15, 0.2) is 53.4 Å². The second-order valence-corrected chi connectivity index (χ2v) is 8.99. The third kappa shape index (κ3) is 7.10. The van der Waals surface area contributed by atoms with Crippen molar-refractivity contribution in [1.29, 1.82) is 0 Å². The number of methoxy groups -OCH3 is 1. The topological polar surface area (TPSA) is 45.7 Å². The molecule has 0 aliphatic carbocycles. The summed E-state index contributed by atoms with van der Waals surface area (Å²) in [7, 11) is 1.66. The molecule has 2 aromatic carbocycles. The van der Waals surface area contributed by atoms with Crippen LogP contribution in [0.3, 0.4) is 0 Å². The zero-order valence-electron chi connectivity index (χ0n) is 18.2. The summed E-state index contributed by atoms with van der Waals surface area (Å²) in [4.78, 5) is 23.2. The first kappa shape index (κ1) is 25.5. The number of nitrogens with zero attached hydrogens (tertiary/aromatic N) is 3. The number of hydrogen-bond donors (Lipinski definition) is 0. The Morgan fingerprint density at radius 2 is 1.77 bits per heavy atom. The van der Waals surface area contributed by atoms with E-state index in [-0.39, 0.29) is 18.3 Å². The standard InChI is InChI=1S/C23H29N3O2S2.ClH/c1-4-25(5-2)15-16-26(23-24-20-8-6-7-9-21(20)30-23)22(27)14-17-29-19-12-10-18(28-3)11-13-19;/h6-13H,4-5,14-17H2,1-3H3;1H. The van der Waals surface area contributed by atoms with Crippen LogP contribution in [0.25, 0.3) is 10.2 Å². The second-order valence-electron chi connectivity index (χ2n) is 6.81. The van der Waals surface area contributed by atoms with Gasteiger partial charge in [-0.1, -0.05) is 37.3 Å². The maximum atomic E-state index is 13.1. The predicted octanol–water partition coefficient (Wildman–Crippen LogP) is 5.58. The molecule has 3 aromatic rings. The van der Waals surface area contributed by atoms with Crippen LogP contribution >= 0.6 is 35.5 Å². The van der Waals surface area contributed by atoms with Crippen molar-refractivity contribution in [1.82, 2.24) is 9.88 Å². The molecule has 0 spiro atoms. The van der Waals surface area contributed by atoms with Gasteiger partial charge in [-0.2, -0.15) is 0 Å². The minimum Gasteiger partial charge on any atom is -0.497 e. The van der Waals surface area contributed by atoms with Crippen LogP contribution in [0, 0.1) is 0 Å². The molecule has 0 aliphatic heterocycles. The molecule has 168 valence electrons. The first-order valence-corrected chi connectivity index (χ1v) is 12.1. The van der Waals surface area contributed by atoms with E-state index in [0.717, 1.165) is 51.4 Å². The van der Waals surface area contributed by atoms with E-state index in [0.29, 0.717) is 13.0 Å². The van der Waals surface area contributed by atoms with Gasteiger partial charge >= 0.3 is 0 Å². The summed E-state index contributed by atoms with van der Waals surface area (Å²) >= 11 is 3.28. The Hall–Kier alpha value is -1.80. The number of amides is 1. The normalized spacial score (nSPS) is 10.8. The summed E-state index contributed by atoms with van der Waals surface area (Å²) in [6.45, 7) is 7.77. The minimum atomic E-state index is 0. The summed E-state index contributed by atoms with van der Waals surface area (Å²) in [5.74, 6) is 1.70. The number of carbonyl (C=O) groups excluding carboxylic acids is 1. The van der Waals surface area contributed by atoms with E-state index in [1.54, 1.807) is 30.2 Å². The average molecular weight is 480 g/mol. The summed E-state index contributed by atoms with van der Waals surface area (Å²) in [6, 6.07) is 16.0. The number of aromatic nitrogens is 1. The first-order valence-electron chi connectivity index (χ1n) is 10.3. The fourth-order valence-corrected chi connectivity index (χ4v) is 5.00. The predicted molar refractivity (Wildman–Crippen MR) is 135 cm³/mol. The average Bonchev–Trinajstić information content (AvgIpc) is 3.21. The van der Waals surface area contributed by atoms with Crippen LogP contribution in [0.4, 0.5) is 5.13 Å². The molecule has 0 saturated carbocycles. The maximum Gasteiger partial charge on any atom is 0.229 e. The molecule has 5 nitrogen and oxygen atoms in total. The molecule has 0 saturated heterocycles. The largest absolute Gasteiger partial charge is 0.497 e. The number of fused-ring (bicyclic) bond motifs is 1. The van der Waals surface area contributed by atoms with Crippen molar-refractivity contribution in [2.75, 3.05) is 43.9 Å². The Morgan fingerprint density at radius 3 is 2.42 bits per heavy atom. The van der Waals surface area contributed by atoms with Gasteiger partial charge in [-0.25, -0.2) is 4.98 Å². The smallest absolute Gasteiger partial charge is 0.229 e. The number of anilines is 1. The minimum absolute atomic E-state index is 0. The zero-order valence-corrected chi connectivity index (χ0v) is 20.7. The van der Waals surface area contributed by atoms with Crippen molar-refractivity contribution in [3.8, 4) is 5.75 Å². The van der Waals surface area contributed by atoms with Crippen LogP contribution in [0.5, 0.6) is 5.75 Å². The van der Waals surface area contributed by atoms with Crippen molar-refractivity contribution < 1.29 is 9.53 Å².